The summed E-state index contributed by atoms with van der Waals surface area (Å²) in [6, 6.07) is 5.49. The Balaban J connectivity index is 2.41. The van der Waals surface area contributed by atoms with Crippen molar-refractivity contribution >= 4 is 17.6 Å². The molecule has 2 rings (SSSR count). The van der Waals surface area contributed by atoms with Crippen LogP contribution in [0.2, 0.25) is 5.02 Å². The second-order valence-electron chi connectivity index (χ2n) is 4.11. The first-order valence-corrected chi connectivity index (χ1v) is 5.47. The molecule has 1 unspecified atom stereocenters. The quantitative estimate of drug-likeness (QED) is 0.856. The zero-order valence-electron chi connectivity index (χ0n) is 8.53. The number of hydrogen-bond acceptors (Lipinski definition) is 1. The third-order valence-corrected chi connectivity index (χ3v) is 3.41. The third-order valence-electron chi connectivity index (χ3n) is 3.00. The van der Waals surface area contributed by atoms with Crippen LogP contribution in [0.4, 0.5) is 0 Å². The van der Waals surface area contributed by atoms with Crippen LogP contribution >= 0.6 is 11.6 Å². The van der Waals surface area contributed by atoms with Crippen molar-refractivity contribution in [1.82, 2.24) is 0 Å². The molecule has 1 fully saturated rings. The van der Waals surface area contributed by atoms with E-state index in [1.54, 1.807) is 6.07 Å². The lowest BCUT2D eigenvalue weighted by Gasteiger charge is -2.15. The van der Waals surface area contributed by atoms with Gasteiger partial charge in [0.25, 0.3) is 0 Å². The first kappa shape index (κ1) is 10.5. The number of rotatable bonds is 3. The van der Waals surface area contributed by atoms with Crippen LogP contribution in [-0.4, -0.2) is 11.1 Å². The number of aliphatic carboxylic acids is 1. The first-order chi connectivity index (χ1) is 7.11. The molecule has 0 amide bonds. The van der Waals surface area contributed by atoms with Crippen LogP contribution in [0.25, 0.3) is 0 Å². The Morgan fingerprint density at radius 3 is 2.73 bits per heavy atom. The highest BCUT2D eigenvalue weighted by atomic mass is 35.5. The van der Waals surface area contributed by atoms with Crippen LogP contribution < -0.4 is 0 Å². The van der Waals surface area contributed by atoms with Gasteiger partial charge < -0.3 is 5.11 Å². The van der Waals surface area contributed by atoms with Crippen molar-refractivity contribution in [3.8, 4) is 0 Å². The van der Waals surface area contributed by atoms with Gasteiger partial charge in [0.1, 0.15) is 0 Å². The van der Waals surface area contributed by atoms with Gasteiger partial charge in [-0.05, 0) is 42.9 Å². The van der Waals surface area contributed by atoms with E-state index >= 15 is 0 Å². The molecule has 1 aliphatic carbocycles. The normalized spacial score (nSPS) is 17.5. The molecule has 3 heteroatoms. The summed E-state index contributed by atoms with van der Waals surface area (Å²) >= 11 is 5.99. The predicted molar refractivity (Wildman–Crippen MR) is 59.3 cm³/mol. The summed E-state index contributed by atoms with van der Waals surface area (Å²) in [6.07, 6.45) is 2.03. The number of carboxylic acids is 1. The lowest BCUT2D eigenvalue weighted by Crippen LogP contribution is -2.14. The molecule has 1 aromatic rings. The minimum Gasteiger partial charge on any atom is -0.481 e. The Morgan fingerprint density at radius 2 is 2.20 bits per heavy atom. The van der Waals surface area contributed by atoms with E-state index in [9.17, 15) is 9.90 Å². The van der Waals surface area contributed by atoms with Crippen LogP contribution in [0.1, 0.15) is 29.9 Å². The molecule has 1 N–H and O–H groups in total. The molecule has 0 bridgehead atoms. The molecule has 1 atom stereocenters. The van der Waals surface area contributed by atoms with Crippen molar-refractivity contribution in [3.63, 3.8) is 0 Å². The maximum Gasteiger partial charge on any atom is 0.311 e. The maximum atomic E-state index is 11.2. The summed E-state index contributed by atoms with van der Waals surface area (Å²) in [5, 5.41) is 9.86. The summed E-state index contributed by atoms with van der Waals surface area (Å²) in [5.41, 5.74) is 1.77. The number of carboxylic acid groups (broad SMARTS) is 1. The van der Waals surface area contributed by atoms with E-state index in [-0.39, 0.29) is 5.92 Å². The second-order valence-corrected chi connectivity index (χ2v) is 4.51. The Morgan fingerprint density at radius 1 is 1.53 bits per heavy atom. The predicted octanol–water partition coefficient (Wildman–Crippen LogP) is 3.23. The van der Waals surface area contributed by atoms with E-state index < -0.39 is 5.97 Å². The van der Waals surface area contributed by atoms with E-state index in [2.05, 4.69) is 0 Å². The van der Waals surface area contributed by atoms with Crippen molar-refractivity contribution in [2.24, 2.45) is 5.92 Å². The van der Waals surface area contributed by atoms with Crippen LogP contribution in [0, 0.1) is 12.8 Å². The average Bonchev–Trinajstić information content (AvgIpc) is 2.96. The highest BCUT2D eigenvalue weighted by Gasteiger charge is 2.38. The zero-order chi connectivity index (χ0) is 11.0. The molecule has 0 radical (unpaired) electrons. The summed E-state index contributed by atoms with van der Waals surface area (Å²) in [7, 11) is 0. The fraction of sp³-hybridized carbons (Fsp3) is 0.417. The lowest BCUT2D eigenvalue weighted by molar-refractivity contribution is -0.139. The smallest absolute Gasteiger partial charge is 0.311 e. The van der Waals surface area contributed by atoms with Crippen molar-refractivity contribution < 1.29 is 9.90 Å². The molecule has 1 aromatic carbocycles. The van der Waals surface area contributed by atoms with E-state index in [1.807, 2.05) is 19.1 Å². The average molecular weight is 225 g/mol. The lowest BCUT2D eigenvalue weighted by atomic mass is 9.91. The van der Waals surface area contributed by atoms with Crippen molar-refractivity contribution in [2.75, 3.05) is 0 Å². The van der Waals surface area contributed by atoms with Gasteiger partial charge in [-0.15, -0.1) is 0 Å². The maximum absolute atomic E-state index is 11.2. The Bertz CT molecular complexity index is 397. The first-order valence-electron chi connectivity index (χ1n) is 5.09. The molecular weight excluding hydrogens is 212 g/mol. The minimum absolute atomic E-state index is 0.305. The molecule has 0 heterocycles. The van der Waals surface area contributed by atoms with E-state index in [1.165, 1.54) is 0 Å². The zero-order valence-corrected chi connectivity index (χ0v) is 9.29. The topological polar surface area (TPSA) is 37.3 Å². The molecule has 15 heavy (non-hydrogen) atoms. The number of benzene rings is 1. The molecular formula is C12H13ClO2. The monoisotopic (exact) mass is 224 g/mol. The van der Waals surface area contributed by atoms with Crippen molar-refractivity contribution in [1.29, 1.82) is 0 Å². The standard InChI is InChI=1S/C12H13ClO2/c1-7-9(3-2-4-10(7)13)11(12(14)15)8-5-6-8/h2-4,8,11H,5-6H2,1H3,(H,14,15). The van der Waals surface area contributed by atoms with Gasteiger partial charge >= 0.3 is 5.97 Å². The Kier molecular flexibility index (Phi) is 2.70. The van der Waals surface area contributed by atoms with E-state index in [4.69, 9.17) is 11.6 Å². The molecule has 1 saturated carbocycles. The van der Waals surface area contributed by atoms with Gasteiger partial charge in [-0.25, -0.2) is 0 Å². The summed E-state index contributed by atoms with van der Waals surface area (Å²) in [4.78, 5) is 11.2. The highest BCUT2D eigenvalue weighted by Crippen LogP contribution is 2.44. The van der Waals surface area contributed by atoms with Crippen LogP contribution in [0.15, 0.2) is 18.2 Å². The molecule has 0 aliphatic heterocycles. The van der Waals surface area contributed by atoms with Gasteiger partial charge in [0.2, 0.25) is 0 Å². The minimum atomic E-state index is -0.733. The highest BCUT2D eigenvalue weighted by molar-refractivity contribution is 6.31. The van der Waals surface area contributed by atoms with Gasteiger partial charge in [0.05, 0.1) is 5.92 Å². The molecule has 0 spiro atoms. The summed E-state index contributed by atoms with van der Waals surface area (Å²) < 4.78 is 0. The van der Waals surface area contributed by atoms with E-state index in [0.717, 1.165) is 24.0 Å². The summed E-state index contributed by atoms with van der Waals surface area (Å²) in [5.74, 6) is -0.800. The molecule has 0 saturated heterocycles. The largest absolute Gasteiger partial charge is 0.481 e. The second kappa shape index (κ2) is 3.86. The van der Waals surface area contributed by atoms with Crippen LogP contribution in [0.3, 0.4) is 0 Å². The van der Waals surface area contributed by atoms with Gasteiger partial charge in [0.15, 0.2) is 0 Å². The SMILES string of the molecule is Cc1c(Cl)cccc1C(C(=O)O)C1CC1. The van der Waals surface area contributed by atoms with Gasteiger partial charge in [0, 0.05) is 5.02 Å². The molecule has 2 nitrogen and oxygen atoms in total. The van der Waals surface area contributed by atoms with E-state index in [0.29, 0.717) is 10.9 Å². The number of carbonyl (C=O) groups is 1. The number of hydrogen-bond donors (Lipinski definition) is 1. The Labute approximate surface area is 93.9 Å². The van der Waals surface area contributed by atoms with Gasteiger partial charge in [-0.1, -0.05) is 23.7 Å². The third kappa shape index (κ3) is 2.00. The Hall–Kier alpha value is -1.02. The molecule has 0 aromatic heterocycles. The van der Waals surface area contributed by atoms with Gasteiger partial charge in [-0.2, -0.15) is 0 Å². The summed E-state index contributed by atoms with van der Waals surface area (Å²) in [6.45, 7) is 1.88. The van der Waals surface area contributed by atoms with Gasteiger partial charge in [-0.3, -0.25) is 4.79 Å². The van der Waals surface area contributed by atoms with Crippen LogP contribution in [0.5, 0.6) is 0 Å². The van der Waals surface area contributed by atoms with Crippen molar-refractivity contribution in [2.45, 2.75) is 25.7 Å². The van der Waals surface area contributed by atoms with Crippen LogP contribution in [-0.2, 0) is 4.79 Å². The number of halogens is 1. The fourth-order valence-corrected chi connectivity index (χ4v) is 2.16. The fourth-order valence-electron chi connectivity index (χ4n) is 1.98. The molecule has 1 aliphatic rings. The molecule has 80 valence electrons. The van der Waals surface area contributed by atoms with Crippen molar-refractivity contribution in [3.05, 3.63) is 34.3 Å².